The van der Waals surface area contributed by atoms with E-state index in [1.807, 2.05) is 30.5 Å². The van der Waals surface area contributed by atoms with Crippen molar-refractivity contribution in [2.75, 3.05) is 0 Å². The highest BCUT2D eigenvalue weighted by molar-refractivity contribution is 7.09. The van der Waals surface area contributed by atoms with Crippen LogP contribution in [0.4, 0.5) is 0 Å². The number of thiophene rings is 1. The smallest absolute Gasteiger partial charge is 0.315 e. The quantitative estimate of drug-likeness (QED) is 0.576. The second-order valence-electron chi connectivity index (χ2n) is 10.1. The van der Waals surface area contributed by atoms with Gasteiger partial charge < -0.3 is 15.2 Å². The summed E-state index contributed by atoms with van der Waals surface area (Å²) in [6, 6.07) is 4.00. The van der Waals surface area contributed by atoms with Crippen LogP contribution in [0.2, 0.25) is 0 Å². The van der Waals surface area contributed by atoms with Crippen molar-refractivity contribution in [3.8, 4) is 0 Å². The topological polar surface area (TPSA) is 75.6 Å². The SMILES string of the molecule is C=C1C[C@]23C[C@H]1CC[C@H]2C1=C[C@H]2OC(=O)[C@@](C)(C1[C@@H]3C(=O)NCc1cccs1)[C@H]2O. The Morgan fingerprint density at radius 3 is 3.03 bits per heavy atom. The zero-order valence-electron chi connectivity index (χ0n) is 17.1. The predicted octanol–water partition coefficient (Wildman–Crippen LogP) is 3.21. The van der Waals surface area contributed by atoms with Crippen LogP contribution in [0, 0.1) is 34.5 Å². The number of carbonyl (C=O) groups is 2. The van der Waals surface area contributed by atoms with Crippen LogP contribution in [0.1, 0.15) is 37.5 Å². The summed E-state index contributed by atoms with van der Waals surface area (Å²) >= 11 is 1.62. The molecule has 2 N–H and O–H groups in total. The van der Waals surface area contributed by atoms with Crippen LogP contribution < -0.4 is 5.32 Å². The first-order valence-corrected chi connectivity index (χ1v) is 11.8. The van der Waals surface area contributed by atoms with Crippen LogP contribution in [-0.2, 0) is 20.9 Å². The second kappa shape index (κ2) is 6.07. The van der Waals surface area contributed by atoms with Gasteiger partial charge in [0.25, 0.3) is 0 Å². The molecule has 5 nitrogen and oxygen atoms in total. The number of carbonyl (C=O) groups excluding carboxylic acids is 2. The maximum absolute atomic E-state index is 13.8. The third kappa shape index (κ3) is 2.16. The number of allylic oxidation sites excluding steroid dienone is 2. The van der Waals surface area contributed by atoms with E-state index in [-0.39, 0.29) is 35.0 Å². The Hall–Kier alpha value is -1.92. The van der Waals surface area contributed by atoms with Gasteiger partial charge in [-0.1, -0.05) is 23.8 Å². The molecule has 1 amide bonds. The number of nitrogens with one attached hydrogen (secondary N) is 1. The average Bonchev–Trinajstić information content (AvgIpc) is 3.42. The average molecular weight is 426 g/mol. The van der Waals surface area contributed by atoms with Crippen molar-refractivity contribution in [2.24, 2.45) is 34.5 Å². The number of esters is 1. The van der Waals surface area contributed by atoms with Gasteiger partial charge in [0.2, 0.25) is 5.91 Å². The first-order valence-electron chi connectivity index (χ1n) is 10.9. The number of aliphatic hydroxyl groups excluding tert-OH is 1. The fourth-order valence-electron chi connectivity index (χ4n) is 7.59. The molecule has 3 saturated carbocycles. The molecule has 1 unspecified atom stereocenters. The summed E-state index contributed by atoms with van der Waals surface area (Å²) < 4.78 is 5.55. The van der Waals surface area contributed by atoms with E-state index >= 15 is 0 Å². The molecule has 4 bridgehead atoms. The molecule has 0 aromatic carbocycles. The van der Waals surface area contributed by atoms with Crippen molar-refractivity contribution in [3.63, 3.8) is 0 Å². The second-order valence-corrected chi connectivity index (χ2v) is 11.1. The molecular formula is C24H27NO4S. The summed E-state index contributed by atoms with van der Waals surface area (Å²) in [6.07, 6.45) is 4.43. The summed E-state index contributed by atoms with van der Waals surface area (Å²) in [5.74, 6) is -0.283. The predicted molar refractivity (Wildman–Crippen MR) is 112 cm³/mol. The van der Waals surface area contributed by atoms with Gasteiger partial charge in [-0.3, -0.25) is 9.59 Å². The van der Waals surface area contributed by atoms with Crippen molar-refractivity contribution in [1.29, 1.82) is 0 Å². The molecule has 1 spiro atoms. The Morgan fingerprint density at radius 1 is 1.43 bits per heavy atom. The lowest BCUT2D eigenvalue weighted by Crippen LogP contribution is -2.52. The van der Waals surface area contributed by atoms with Crippen LogP contribution >= 0.6 is 11.3 Å². The van der Waals surface area contributed by atoms with Crippen molar-refractivity contribution < 1.29 is 19.4 Å². The Bertz CT molecular complexity index is 983. The van der Waals surface area contributed by atoms with Gasteiger partial charge in [0, 0.05) is 10.8 Å². The molecule has 4 fully saturated rings. The maximum Gasteiger partial charge on any atom is 0.315 e. The van der Waals surface area contributed by atoms with Crippen molar-refractivity contribution in [2.45, 2.75) is 51.4 Å². The molecule has 1 aliphatic heterocycles. The highest BCUT2D eigenvalue weighted by Crippen LogP contribution is 2.73. The lowest BCUT2D eigenvalue weighted by atomic mass is 9.61. The van der Waals surface area contributed by atoms with Crippen LogP contribution in [0.25, 0.3) is 0 Å². The van der Waals surface area contributed by atoms with Crippen molar-refractivity contribution in [1.82, 2.24) is 5.32 Å². The van der Waals surface area contributed by atoms with Crippen LogP contribution in [-0.4, -0.2) is 29.2 Å². The molecule has 0 radical (unpaired) electrons. The first kappa shape index (κ1) is 18.8. The number of ether oxygens (including phenoxy) is 1. The van der Waals surface area contributed by atoms with E-state index in [1.165, 1.54) is 11.1 Å². The molecule has 30 heavy (non-hydrogen) atoms. The van der Waals surface area contributed by atoms with Crippen molar-refractivity contribution in [3.05, 3.63) is 46.2 Å². The number of hydrogen-bond acceptors (Lipinski definition) is 5. The Kier molecular flexibility index (Phi) is 3.81. The lowest BCUT2D eigenvalue weighted by Gasteiger charge is -2.41. The Morgan fingerprint density at radius 2 is 2.27 bits per heavy atom. The number of hydrogen-bond donors (Lipinski definition) is 2. The van der Waals surface area contributed by atoms with Gasteiger partial charge in [0.1, 0.15) is 17.6 Å². The molecular weight excluding hydrogens is 398 g/mol. The largest absolute Gasteiger partial charge is 0.455 e. The Balaban J connectivity index is 1.45. The Labute approximate surface area is 180 Å². The number of amides is 1. The van der Waals surface area contributed by atoms with Gasteiger partial charge in [-0.05, 0) is 67.4 Å². The van der Waals surface area contributed by atoms with E-state index in [0.717, 1.165) is 30.6 Å². The summed E-state index contributed by atoms with van der Waals surface area (Å²) in [6.45, 7) is 6.66. The minimum atomic E-state index is -1.06. The molecule has 8 atom stereocenters. The van der Waals surface area contributed by atoms with Gasteiger partial charge in [0.15, 0.2) is 0 Å². The lowest BCUT2D eigenvalue weighted by molar-refractivity contribution is -0.151. The van der Waals surface area contributed by atoms with Gasteiger partial charge in [-0.2, -0.15) is 0 Å². The van der Waals surface area contributed by atoms with E-state index in [9.17, 15) is 14.7 Å². The molecule has 1 aromatic rings. The summed E-state index contributed by atoms with van der Waals surface area (Å²) in [4.78, 5) is 27.8. The molecule has 158 valence electrons. The first-order chi connectivity index (χ1) is 14.4. The van der Waals surface area contributed by atoms with E-state index in [1.54, 1.807) is 11.3 Å². The van der Waals surface area contributed by atoms with Crippen LogP contribution in [0.5, 0.6) is 0 Å². The molecule has 4 aliphatic carbocycles. The summed E-state index contributed by atoms with van der Waals surface area (Å²) in [7, 11) is 0. The summed E-state index contributed by atoms with van der Waals surface area (Å²) in [5.41, 5.74) is 1.18. The zero-order chi connectivity index (χ0) is 20.8. The van der Waals surface area contributed by atoms with Gasteiger partial charge in [-0.25, -0.2) is 0 Å². The standard InChI is InChI=1S/C24H27NO4S/c1-12-9-24-10-13(12)5-6-16(24)15-8-17-20(26)23(2,22(28)29-17)18(15)19(24)21(27)25-11-14-4-3-7-30-14/h3-4,7-8,13,16-20,26H,1,5-6,9-11H2,2H3,(H,25,27)/t13-,16+,17-,18?,19-,20+,23+,24+/m1/s1. The number of rotatable bonds is 3. The van der Waals surface area contributed by atoms with Crippen LogP contribution in [0.15, 0.2) is 41.3 Å². The van der Waals surface area contributed by atoms with Gasteiger partial charge in [0.05, 0.1) is 12.5 Å². The van der Waals surface area contributed by atoms with E-state index < -0.39 is 17.6 Å². The highest BCUT2D eigenvalue weighted by Gasteiger charge is 2.73. The normalized spacial score (nSPS) is 45.6. The van der Waals surface area contributed by atoms with Gasteiger partial charge >= 0.3 is 5.97 Å². The van der Waals surface area contributed by atoms with Gasteiger partial charge in [-0.15, -0.1) is 11.3 Å². The number of aliphatic hydroxyl groups is 1. The van der Waals surface area contributed by atoms with Crippen molar-refractivity contribution >= 4 is 23.2 Å². The molecule has 5 aliphatic rings. The number of fused-ring (bicyclic) bond motifs is 6. The van der Waals surface area contributed by atoms with E-state index in [0.29, 0.717) is 12.5 Å². The molecule has 1 aromatic heterocycles. The zero-order valence-corrected chi connectivity index (χ0v) is 17.9. The highest BCUT2D eigenvalue weighted by atomic mass is 32.1. The fourth-order valence-corrected chi connectivity index (χ4v) is 8.23. The minimum absolute atomic E-state index is 0.00345. The molecule has 6 rings (SSSR count). The molecule has 1 saturated heterocycles. The maximum atomic E-state index is 13.8. The fraction of sp³-hybridized carbons (Fsp3) is 0.583. The molecule has 6 heteroatoms. The van der Waals surface area contributed by atoms with Crippen LogP contribution in [0.3, 0.4) is 0 Å². The molecule has 2 heterocycles. The monoisotopic (exact) mass is 425 g/mol. The van der Waals surface area contributed by atoms with E-state index in [4.69, 9.17) is 4.74 Å². The summed E-state index contributed by atoms with van der Waals surface area (Å²) in [5, 5.41) is 16.2. The third-order valence-electron chi connectivity index (χ3n) is 8.88. The minimum Gasteiger partial charge on any atom is -0.455 e. The van der Waals surface area contributed by atoms with E-state index in [2.05, 4.69) is 11.9 Å². The third-order valence-corrected chi connectivity index (χ3v) is 9.76.